The molecule has 0 saturated carbocycles. The monoisotopic (exact) mass is 431 g/mol. The van der Waals surface area contributed by atoms with E-state index in [1.54, 1.807) is 4.90 Å². The van der Waals surface area contributed by atoms with Crippen molar-refractivity contribution in [1.29, 1.82) is 0 Å². The second-order valence-electron chi connectivity index (χ2n) is 6.98. The van der Waals surface area contributed by atoms with Gasteiger partial charge in [0.05, 0.1) is 10.9 Å². The third-order valence-corrected chi connectivity index (χ3v) is 6.25. The number of carbonyl (C=O) groups excluding carboxylic acids is 1. The average Bonchev–Trinajstić information content (AvgIpc) is 3.07. The Labute approximate surface area is 186 Å². The number of thioether (sulfide) groups is 1. The molecule has 1 saturated heterocycles. The largest absolute Gasteiger partial charge is 0.489 e. The number of benzene rings is 3. The van der Waals surface area contributed by atoms with Crippen LogP contribution in [0.15, 0.2) is 89.8 Å². The first kappa shape index (κ1) is 20.4. The fourth-order valence-electron chi connectivity index (χ4n) is 3.25. The summed E-state index contributed by atoms with van der Waals surface area (Å²) in [5, 5.41) is 0. The van der Waals surface area contributed by atoms with Crippen LogP contribution in [-0.2, 0) is 11.4 Å². The van der Waals surface area contributed by atoms with Gasteiger partial charge in [0, 0.05) is 0 Å². The molecule has 150 valence electrons. The van der Waals surface area contributed by atoms with E-state index in [1.165, 1.54) is 11.8 Å². The van der Waals surface area contributed by atoms with Crippen molar-refractivity contribution in [2.24, 2.45) is 0 Å². The predicted molar refractivity (Wildman–Crippen MR) is 127 cm³/mol. The molecule has 0 aromatic heterocycles. The second-order valence-corrected chi connectivity index (χ2v) is 8.66. The van der Waals surface area contributed by atoms with Gasteiger partial charge in [-0.3, -0.25) is 9.69 Å². The Morgan fingerprint density at radius 1 is 0.967 bits per heavy atom. The number of thiocarbonyl (C=S) groups is 1. The third kappa shape index (κ3) is 4.64. The lowest BCUT2D eigenvalue weighted by atomic mass is 10.1. The van der Waals surface area contributed by atoms with Crippen molar-refractivity contribution in [3.8, 4) is 5.75 Å². The number of rotatable bonds is 6. The molecule has 0 N–H and O–H groups in total. The molecule has 1 fully saturated rings. The minimum absolute atomic E-state index is 0.0502. The summed E-state index contributed by atoms with van der Waals surface area (Å²) < 4.78 is 6.42. The maximum absolute atomic E-state index is 13.0. The van der Waals surface area contributed by atoms with Gasteiger partial charge in [-0.05, 0) is 41.8 Å². The van der Waals surface area contributed by atoms with Crippen molar-refractivity contribution in [3.63, 3.8) is 0 Å². The highest BCUT2D eigenvalue weighted by molar-refractivity contribution is 8.26. The van der Waals surface area contributed by atoms with Crippen molar-refractivity contribution < 1.29 is 9.53 Å². The minimum Gasteiger partial charge on any atom is -0.489 e. The fourth-order valence-corrected chi connectivity index (χ4v) is 4.67. The lowest BCUT2D eigenvalue weighted by Crippen LogP contribution is -2.30. The zero-order chi connectivity index (χ0) is 20.9. The number of hydrogen-bond acceptors (Lipinski definition) is 4. The molecule has 1 aliphatic rings. The van der Waals surface area contributed by atoms with Gasteiger partial charge < -0.3 is 4.74 Å². The summed E-state index contributed by atoms with van der Waals surface area (Å²) in [6.07, 6.45) is 1.89. The Balaban J connectivity index is 1.44. The molecule has 0 radical (unpaired) electrons. The van der Waals surface area contributed by atoms with Crippen molar-refractivity contribution in [2.75, 3.05) is 0 Å². The zero-order valence-electron chi connectivity index (χ0n) is 16.5. The van der Waals surface area contributed by atoms with Crippen molar-refractivity contribution in [2.45, 2.75) is 19.6 Å². The molecule has 0 spiro atoms. The highest BCUT2D eigenvalue weighted by atomic mass is 32.2. The zero-order valence-corrected chi connectivity index (χ0v) is 18.2. The molecule has 3 aromatic rings. The number of carbonyl (C=O) groups is 1. The van der Waals surface area contributed by atoms with E-state index in [0.29, 0.717) is 15.8 Å². The highest BCUT2D eigenvalue weighted by Crippen LogP contribution is 2.38. The van der Waals surface area contributed by atoms with Crippen LogP contribution in [-0.4, -0.2) is 15.1 Å². The summed E-state index contributed by atoms with van der Waals surface area (Å²) >= 11 is 6.85. The second kappa shape index (κ2) is 9.28. The van der Waals surface area contributed by atoms with Gasteiger partial charge in [-0.1, -0.05) is 96.8 Å². The number of ether oxygens (including phenoxy) is 1. The molecule has 4 rings (SSSR count). The number of amides is 1. The summed E-state index contributed by atoms with van der Waals surface area (Å²) in [5.74, 6) is 0.743. The summed E-state index contributed by atoms with van der Waals surface area (Å²) in [7, 11) is 0. The van der Waals surface area contributed by atoms with E-state index < -0.39 is 0 Å². The molecule has 3 nitrogen and oxygen atoms in total. The van der Waals surface area contributed by atoms with Crippen LogP contribution < -0.4 is 4.74 Å². The maximum atomic E-state index is 13.0. The van der Waals surface area contributed by atoms with E-state index in [9.17, 15) is 4.79 Å². The Hall–Kier alpha value is -2.89. The quantitative estimate of drug-likeness (QED) is 0.342. The van der Waals surface area contributed by atoms with Gasteiger partial charge in [-0.2, -0.15) is 0 Å². The number of nitrogens with zero attached hydrogens (tertiary/aromatic N) is 1. The van der Waals surface area contributed by atoms with Gasteiger partial charge in [0.15, 0.2) is 0 Å². The smallest absolute Gasteiger partial charge is 0.266 e. The lowest BCUT2D eigenvalue weighted by molar-refractivity contribution is -0.123. The van der Waals surface area contributed by atoms with Gasteiger partial charge in [-0.25, -0.2) is 0 Å². The van der Waals surface area contributed by atoms with Crippen LogP contribution in [0.3, 0.4) is 0 Å². The Morgan fingerprint density at radius 3 is 2.27 bits per heavy atom. The molecule has 0 aliphatic carbocycles. The van der Waals surface area contributed by atoms with Crippen LogP contribution in [0, 0.1) is 0 Å². The lowest BCUT2D eigenvalue weighted by Gasteiger charge is -2.23. The molecule has 30 heavy (non-hydrogen) atoms. The molecule has 5 heteroatoms. The van der Waals surface area contributed by atoms with E-state index in [0.717, 1.165) is 22.4 Å². The van der Waals surface area contributed by atoms with Crippen molar-refractivity contribution in [3.05, 3.63) is 107 Å². The Kier molecular flexibility index (Phi) is 6.31. The first-order valence-corrected chi connectivity index (χ1v) is 10.9. The molecule has 0 unspecified atom stereocenters. The van der Waals surface area contributed by atoms with E-state index in [-0.39, 0.29) is 11.9 Å². The molecular weight excluding hydrogens is 410 g/mol. The number of hydrogen-bond donors (Lipinski definition) is 0. The maximum Gasteiger partial charge on any atom is 0.266 e. The van der Waals surface area contributed by atoms with E-state index in [1.807, 2.05) is 97.9 Å². The molecule has 1 aliphatic heterocycles. The summed E-state index contributed by atoms with van der Waals surface area (Å²) in [4.78, 5) is 15.3. The van der Waals surface area contributed by atoms with Gasteiger partial charge in [0.2, 0.25) is 0 Å². The molecule has 1 atom stereocenters. The predicted octanol–water partition coefficient (Wildman–Crippen LogP) is 6.23. The van der Waals surface area contributed by atoms with Gasteiger partial charge >= 0.3 is 0 Å². The molecule has 1 amide bonds. The van der Waals surface area contributed by atoms with Crippen LogP contribution in [0.25, 0.3) is 6.08 Å². The Bertz CT molecular complexity index is 1060. The van der Waals surface area contributed by atoms with Crippen LogP contribution in [0.2, 0.25) is 0 Å². The molecule has 0 bridgehead atoms. The molecule has 3 aromatic carbocycles. The van der Waals surface area contributed by atoms with Crippen LogP contribution >= 0.6 is 24.0 Å². The SMILES string of the molecule is C[C@H](c1ccccc1)N1C(=O)/C(=C/c2ccc(OCc3ccccc3)cc2)SC1=S. The summed E-state index contributed by atoms with van der Waals surface area (Å²) in [5.41, 5.74) is 3.13. The minimum atomic E-state index is -0.0987. The van der Waals surface area contributed by atoms with Crippen LogP contribution in [0.5, 0.6) is 5.75 Å². The van der Waals surface area contributed by atoms with E-state index in [2.05, 4.69) is 0 Å². The van der Waals surface area contributed by atoms with E-state index in [4.69, 9.17) is 17.0 Å². The van der Waals surface area contributed by atoms with Gasteiger partial charge in [-0.15, -0.1) is 0 Å². The Morgan fingerprint density at radius 2 is 1.60 bits per heavy atom. The fraction of sp³-hybridized carbons (Fsp3) is 0.120. The van der Waals surface area contributed by atoms with Gasteiger partial charge in [0.1, 0.15) is 16.7 Å². The standard InChI is InChI=1S/C25H21NO2S2/c1-18(21-10-6-3-7-11-21)26-24(27)23(30-25(26)29)16-19-12-14-22(15-13-19)28-17-20-8-4-2-5-9-20/h2-16,18H,17H2,1H3/b23-16-/t18-/m1/s1. The first-order valence-electron chi connectivity index (χ1n) is 9.70. The van der Waals surface area contributed by atoms with Crippen molar-refractivity contribution >= 4 is 40.3 Å². The van der Waals surface area contributed by atoms with Crippen LogP contribution in [0.4, 0.5) is 0 Å². The summed E-state index contributed by atoms with van der Waals surface area (Å²) in [6, 6.07) is 27.6. The first-order chi connectivity index (χ1) is 14.6. The normalized spacial score (nSPS) is 16.2. The van der Waals surface area contributed by atoms with Gasteiger partial charge in [0.25, 0.3) is 5.91 Å². The molecule has 1 heterocycles. The van der Waals surface area contributed by atoms with Crippen LogP contribution in [0.1, 0.15) is 29.7 Å². The van der Waals surface area contributed by atoms with E-state index >= 15 is 0 Å². The van der Waals surface area contributed by atoms with Crippen molar-refractivity contribution in [1.82, 2.24) is 4.90 Å². The topological polar surface area (TPSA) is 29.5 Å². The third-order valence-electron chi connectivity index (χ3n) is 4.92. The highest BCUT2D eigenvalue weighted by Gasteiger charge is 2.35. The molecular formula is C25H21NO2S2. The average molecular weight is 432 g/mol. The summed E-state index contributed by atoms with van der Waals surface area (Å²) in [6.45, 7) is 2.53.